The van der Waals surface area contributed by atoms with Crippen molar-refractivity contribution in [1.82, 2.24) is 0 Å². The van der Waals surface area contributed by atoms with Crippen LogP contribution in [0.15, 0.2) is 0 Å². The Morgan fingerprint density at radius 1 is 0.266 bits per heavy atom. The second-order valence-corrected chi connectivity index (χ2v) is 31.9. The Morgan fingerprint density at radius 3 is 0.660 bits per heavy atom. The zero-order valence-electron chi connectivity index (χ0n) is 61.6. The fourth-order valence-corrected chi connectivity index (χ4v) is 13.0. The Morgan fingerprint density at radius 2 is 0.447 bits per heavy atom. The molecule has 3 unspecified atom stereocenters. The smallest absolute Gasteiger partial charge is 0.462 e. The highest BCUT2D eigenvalue weighted by Gasteiger charge is 2.30. The summed E-state index contributed by atoms with van der Waals surface area (Å²) in [4.78, 5) is 72.8. The molecule has 19 heteroatoms. The quantitative estimate of drug-likeness (QED) is 0.0222. The van der Waals surface area contributed by atoms with Crippen LogP contribution in [0.1, 0.15) is 376 Å². The zero-order valence-corrected chi connectivity index (χ0v) is 63.4. The van der Waals surface area contributed by atoms with Gasteiger partial charge in [0.1, 0.15) is 19.3 Å². The van der Waals surface area contributed by atoms with Crippen molar-refractivity contribution in [3.8, 4) is 0 Å². The number of aliphatic hydroxyl groups excluding tert-OH is 1. The molecule has 0 aliphatic carbocycles. The van der Waals surface area contributed by atoms with Gasteiger partial charge in [0.05, 0.1) is 26.4 Å². The van der Waals surface area contributed by atoms with Crippen molar-refractivity contribution in [3.05, 3.63) is 0 Å². The third kappa shape index (κ3) is 68.6. The first-order valence-electron chi connectivity index (χ1n) is 38.7. The van der Waals surface area contributed by atoms with Gasteiger partial charge in [-0.3, -0.25) is 37.3 Å². The fourth-order valence-electron chi connectivity index (χ4n) is 11.4. The van der Waals surface area contributed by atoms with Crippen molar-refractivity contribution in [2.24, 2.45) is 23.7 Å². The fraction of sp³-hybridized carbons (Fsp3) is 0.947. The lowest BCUT2D eigenvalue weighted by molar-refractivity contribution is -0.161. The molecule has 0 bridgehead atoms. The number of hydrogen-bond acceptors (Lipinski definition) is 15. The molecular formula is C75H146O17P2. The largest absolute Gasteiger partial charge is 0.472 e. The first-order chi connectivity index (χ1) is 45.1. The standard InChI is InChI=1S/C75H146O17P2/c1-65(2)51-43-35-27-20-14-9-11-17-24-32-41-49-57-74(79)91-70(61-85-72(77)55-47-39-31-23-19-13-16-22-29-37-45-53-67(5)6)63-89-93(81,82)87-59-69(76)60-88-94(83,84)90-64-71(62-86-73(78)56-48-40-34-26-30-38-46-54-68(7)8)92-75(80)58-50-42-33-25-18-12-10-15-21-28-36-44-52-66(3)4/h65-71,76H,9-64H2,1-8H3,(H,81,82)(H,83,84)/t69?,70-,71-/m1/s1. The van der Waals surface area contributed by atoms with E-state index in [0.29, 0.717) is 31.6 Å². The summed E-state index contributed by atoms with van der Waals surface area (Å²) in [5.41, 5.74) is 0. The van der Waals surface area contributed by atoms with Crippen molar-refractivity contribution < 1.29 is 80.2 Å². The molecule has 0 amide bonds. The molecule has 0 aromatic carbocycles. The van der Waals surface area contributed by atoms with Crippen LogP contribution in [0.4, 0.5) is 0 Å². The van der Waals surface area contributed by atoms with Crippen molar-refractivity contribution >= 4 is 39.5 Å². The second-order valence-electron chi connectivity index (χ2n) is 28.9. The lowest BCUT2D eigenvalue weighted by Crippen LogP contribution is -2.30. The number of carbonyl (C=O) groups is 4. The van der Waals surface area contributed by atoms with E-state index in [4.69, 9.17) is 37.0 Å². The number of rotatable bonds is 72. The summed E-state index contributed by atoms with van der Waals surface area (Å²) in [5, 5.41) is 10.6. The van der Waals surface area contributed by atoms with E-state index in [0.717, 1.165) is 114 Å². The highest BCUT2D eigenvalue weighted by molar-refractivity contribution is 7.47. The van der Waals surface area contributed by atoms with E-state index in [9.17, 15) is 43.2 Å². The van der Waals surface area contributed by atoms with Crippen LogP contribution in [0.3, 0.4) is 0 Å². The highest BCUT2D eigenvalue weighted by Crippen LogP contribution is 2.45. The molecule has 0 rings (SSSR count). The third-order valence-corrected chi connectivity index (χ3v) is 19.2. The molecule has 94 heavy (non-hydrogen) atoms. The van der Waals surface area contributed by atoms with E-state index in [1.165, 1.54) is 173 Å². The lowest BCUT2D eigenvalue weighted by atomic mass is 10.0. The molecule has 0 fully saturated rings. The van der Waals surface area contributed by atoms with E-state index >= 15 is 0 Å². The molecule has 0 aromatic rings. The first kappa shape index (κ1) is 92.1. The van der Waals surface area contributed by atoms with E-state index in [-0.39, 0.29) is 25.7 Å². The Hall–Kier alpha value is -1.94. The molecular weight excluding hydrogens is 1230 g/mol. The number of phosphoric acid groups is 2. The SMILES string of the molecule is CC(C)CCCCCCCCCCCCCCC(=O)O[C@H](COC(=O)CCCCCCCCCCCCCC(C)C)COP(=O)(O)OCC(O)COP(=O)(O)OC[C@@H](COC(=O)CCCCCCCCCC(C)C)OC(=O)CCCCCCCCCCCCCCC(C)C. The van der Waals surface area contributed by atoms with Gasteiger partial charge in [-0.15, -0.1) is 0 Å². The van der Waals surface area contributed by atoms with Crippen LogP contribution in [0.2, 0.25) is 0 Å². The van der Waals surface area contributed by atoms with Gasteiger partial charge in [-0.2, -0.15) is 0 Å². The first-order valence-corrected chi connectivity index (χ1v) is 41.7. The highest BCUT2D eigenvalue weighted by atomic mass is 31.2. The van der Waals surface area contributed by atoms with Gasteiger partial charge < -0.3 is 33.8 Å². The van der Waals surface area contributed by atoms with E-state index in [1.807, 2.05) is 0 Å². The number of unbranched alkanes of at least 4 members (excludes halogenated alkanes) is 38. The lowest BCUT2D eigenvalue weighted by Gasteiger charge is -2.21. The molecule has 0 radical (unpaired) electrons. The van der Waals surface area contributed by atoms with Gasteiger partial charge in [0.15, 0.2) is 12.2 Å². The Labute approximate surface area is 575 Å². The molecule has 17 nitrogen and oxygen atoms in total. The van der Waals surface area contributed by atoms with Gasteiger partial charge >= 0.3 is 39.5 Å². The molecule has 0 saturated heterocycles. The summed E-state index contributed by atoms with van der Waals surface area (Å²) < 4.78 is 68.5. The summed E-state index contributed by atoms with van der Waals surface area (Å²) in [6.07, 6.45) is 48.6. The van der Waals surface area contributed by atoms with Crippen LogP contribution in [-0.2, 0) is 65.4 Å². The number of hydrogen-bond donors (Lipinski definition) is 3. The minimum Gasteiger partial charge on any atom is -0.462 e. The van der Waals surface area contributed by atoms with E-state index in [1.54, 1.807) is 0 Å². The summed E-state index contributed by atoms with van der Waals surface area (Å²) in [6.45, 7) is 14.2. The van der Waals surface area contributed by atoms with Gasteiger partial charge in [-0.1, -0.05) is 325 Å². The van der Waals surface area contributed by atoms with Crippen molar-refractivity contribution in [2.45, 2.75) is 395 Å². The summed E-state index contributed by atoms with van der Waals surface area (Å²) in [7, 11) is -9.91. The maximum Gasteiger partial charge on any atom is 0.472 e. The van der Waals surface area contributed by atoms with E-state index in [2.05, 4.69) is 55.4 Å². The average Bonchev–Trinajstić information content (AvgIpc) is 2.25. The van der Waals surface area contributed by atoms with Crippen LogP contribution in [-0.4, -0.2) is 96.7 Å². The van der Waals surface area contributed by atoms with Gasteiger partial charge in [0, 0.05) is 25.7 Å². The molecule has 0 spiro atoms. The van der Waals surface area contributed by atoms with Gasteiger partial charge in [0.2, 0.25) is 0 Å². The minimum absolute atomic E-state index is 0.106. The molecule has 5 atom stereocenters. The maximum atomic E-state index is 13.1. The molecule has 0 aliphatic heterocycles. The zero-order chi connectivity index (χ0) is 69.6. The monoisotopic (exact) mass is 1380 g/mol. The summed E-state index contributed by atoms with van der Waals surface area (Å²) >= 11 is 0. The average molecular weight is 1380 g/mol. The van der Waals surface area contributed by atoms with Crippen LogP contribution in [0.25, 0.3) is 0 Å². The number of carbonyl (C=O) groups excluding carboxylic acids is 4. The summed E-state index contributed by atoms with van der Waals surface area (Å²) in [6, 6.07) is 0. The molecule has 3 N–H and O–H groups in total. The number of esters is 4. The van der Waals surface area contributed by atoms with Crippen LogP contribution < -0.4 is 0 Å². The van der Waals surface area contributed by atoms with Gasteiger partial charge in [-0.25, -0.2) is 9.13 Å². The predicted molar refractivity (Wildman–Crippen MR) is 381 cm³/mol. The minimum atomic E-state index is -4.96. The molecule has 0 aromatic heterocycles. The molecule has 558 valence electrons. The summed E-state index contributed by atoms with van der Waals surface area (Å²) in [5.74, 6) is 0.908. The number of phosphoric ester groups is 2. The van der Waals surface area contributed by atoms with Crippen molar-refractivity contribution in [1.29, 1.82) is 0 Å². The second kappa shape index (κ2) is 64.4. The number of aliphatic hydroxyl groups is 1. The Kier molecular flexibility index (Phi) is 63.1. The van der Waals surface area contributed by atoms with Crippen molar-refractivity contribution in [2.75, 3.05) is 39.6 Å². The Bertz CT molecular complexity index is 1850. The molecule has 0 heterocycles. The van der Waals surface area contributed by atoms with Crippen LogP contribution >= 0.6 is 15.6 Å². The number of ether oxygens (including phenoxy) is 4. The van der Waals surface area contributed by atoms with Crippen LogP contribution in [0.5, 0.6) is 0 Å². The van der Waals surface area contributed by atoms with Gasteiger partial charge in [-0.05, 0) is 49.4 Å². The van der Waals surface area contributed by atoms with Crippen molar-refractivity contribution in [3.63, 3.8) is 0 Å². The Balaban J connectivity index is 5.26. The van der Waals surface area contributed by atoms with Crippen LogP contribution in [0, 0.1) is 23.7 Å². The van der Waals surface area contributed by atoms with Gasteiger partial charge in [0.25, 0.3) is 0 Å². The molecule has 0 aliphatic rings. The normalized spacial score (nSPS) is 14.2. The van der Waals surface area contributed by atoms with E-state index < -0.39 is 97.5 Å². The maximum absolute atomic E-state index is 13.1. The molecule has 0 saturated carbocycles. The predicted octanol–water partition coefficient (Wildman–Crippen LogP) is 21.7. The third-order valence-electron chi connectivity index (χ3n) is 17.3. The topological polar surface area (TPSA) is 237 Å².